The summed E-state index contributed by atoms with van der Waals surface area (Å²) < 4.78 is 23.2. The fraction of sp³-hybridized carbons (Fsp3) is 0.872. The number of carbonyl (C=O) groups is 3. The van der Waals surface area contributed by atoms with Gasteiger partial charge in [0, 0.05) is 24.7 Å². The van der Waals surface area contributed by atoms with Gasteiger partial charge in [0.05, 0.1) is 12.7 Å². The smallest absolute Gasteiger partial charge is 0.337 e. The summed E-state index contributed by atoms with van der Waals surface area (Å²) in [7, 11) is 1.16. The van der Waals surface area contributed by atoms with Crippen molar-refractivity contribution in [2.75, 3.05) is 7.11 Å². The number of aliphatic hydroxyl groups excluding tert-OH is 3. The van der Waals surface area contributed by atoms with Crippen molar-refractivity contribution >= 4 is 17.7 Å². The number of hydrogen-bond acceptors (Lipinski definition) is 10. The van der Waals surface area contributed by atoms with E-state index in [0.717, 1.165) is 51.2 Å². The lowest BCUT2D eigenvalue weighted by Crippen LogP contribution is -2.66. The lowest BCUT2D eigenvalue weighted by atomic mass is 9.35. The van der Waals surface area contributed by atoms with Crippen molar-refractivity contribution in [3.63, 3.8) is 0 Å². The summed E-state index contributed by atoms with van der Waals surface area (Å²) in [4.78, 5) is 39.3. The van der Waals surface area contributed by atoms with Gasteiger partial charge in [-0.25, -0.2) is 4.79 Å². The predicted octanol–water partition coefficient (Wildman–Crippen LogP) is 5.28. The van der Waals surface area contributed by atoms with E-state index < -0.39 is 42.3 Å². The van der Waals surface area contributed by atoms with Crippen molar-refractivity contribution in [2.24, 2.45) is 45.3 Å². The summed E-state index contributed by atoms with van der Waals surface area (Å²) in [5.41, 5.74) is -0.534. The first-order valence-electron chi connectivity index (χ1n) is 18.5. The van der Waals surface area contributed by atoms with Gasteiger partial charge in [0.15, 0.2) is 12.4 Å². The monoisotopic (exact) mass is 690 g/mol. The molecular weight excluding hydrogens is 628 g/mol. The molecule has 4 saturated carbocycles. The van der Waals surface area contributed by atoms with E-state index in [-0.39, 0.29) is 57.3 Å². The zero-order valence-corrected chi connectivity index (χ0v) is 31.4. The minimum atomic E-state index is -1.69. The molecule has 0 aromatic rings. The second-order valence-corrected chi connectivity index (χ2v) is 17.9. The molecule has 1 saturated heterocycles. The number of hydrogen-bond donors (Lipinski definition) is 3. The van der Waals surface area contributed by atoms with Crippen molar-refractivity contribution in [3.8, 4) is 0 Å². The molecule has 5 fully saturated rings. The Morgan fingerprint density at radius 1 is 0.918 bits per heavy atom. The third-order valence-electron chi connectivity index (χ3n) is 14.8. The second-order valence-electron chi connectivity index (χ2n) is 17.9. The van der Waals surface area contributed by atoms with Gasteiger partial charge in [-0.05, 0) is 106 Å². The number of esters is 2. The number of rotatable bonds is 8. The van der Waals surface area contributed by atoms with Gasteiger partial charge < -0.3 is 34.3 Å². The van der Waals surface area contributed by atoms with Gasteiger partial charge in [0.2, 0.25) is 0 Å². The first kappa shape index (κ1) is 38.4. The molecule has 0 amide bonds. The normalized spacial score (nSPS) is 45.6. The van der Waals surface area contributed by atoms with Crippen LogP contribution in [0.2, 0.25) is 0 Å². The summed E-state index contributed by atoms with van der Waals surface area (Å²) in [5.74, 6) is -0.859. The minimum Gasteiger partial charge on any atom is -0.467 e. The maximum Gasteiger partial charge on any atom is 0.337 e. The fourth-order valence-corrected chi connectivity index (χ4v) is 12.0. The van der Waals surface area contributed by atoms with Gasteiger partial charge in [-0.15, -0.1) is 0 Å². The van der Waals surface area contributed by atoms with Crippen LogP contribution in [-0.2, 0) is 33.3 Å². The number of Topliss-reactive ketones (excluding diaryl/α,β-unsaturated/α-hetero) is 1. The van der Waals surface area contributed by atoms with Crippen LogP contribution in [0.25, 0.3) is 0 Å². The van der Waals surface area contributed by atoms with Crippen LogP contribution in [0.5, 0.6) is 0 Å². The average Bonchev–Trinajstić information content (AvgIpc) is 3.40. The van der Waals surface area contributed by atoms with Crippen molar-refractivity contribution in [1.82, 2.24) is 0 Å². The van der Waals surface area contributed by atoms with E-state index in [1.807, 2.05) is 20.8 Å². The molecule has 4 aliphatic carbocycles. The summed E-state index contributed by atoms with van der Waals surface area (Å²) in [6.07, 6.45) is 0.999. The van der Waals surface area contributed by atoms with Crippen molar-refractivity contribution in [1.29, 1.82) is 0 Å². The van der Waals surface area contributed by atoms with Crippen LogP contribution in [0.4, 0.5) is 0 Å². The van der Waals surface area contributed by atoms with Gasteiger partial charge in [0.1, 0.15) is 30.2 Å². The summed E-state index contributed by atoms with van der Waals surface area (Å²) in [5, 5.41) is 32.3. The highest BCUT2D eigenvalue weighted by molar-refractivity contribution is 5.84. The lowest BCUT2D eigenvalue weighted by molar-refractivity contribution is -0.327. The standard InChI is InChI=1S/C39H62O10/c1-21(2)12-11-16-39(9,49-34-31(44)29(42)30(43)32(48-34)33(45)46-10)23-13-18-38(8)28(23)24(41)20-26-36(6)17-15-27(47-22(3)40)35(4,5)25(36)14-19-37(26,38)7/h12,23,25-32,34,42-44H,11,13-20H2,1-10H3/t23?,25?,26?,27-,28?,29?,30-,31?,32?,34-,36-,37+,38+,39?/m0/s1. The third-order valence-corrected chi connectivity index (χ3v) is 14.8. The number of methoxy groups -OCH3 is 1. The lowest BCUT2D eigenvalue weighted by Gasteiger charge is -2.69. The van der Waals surface area contributed by atoms with Gasteiger partial charge in [-0.1, -0.05) is 46.3 Å². The largest absolute Gasteiger partial charge is 0.467 e. The maximum absolute atomic E-state index is 14.8. The SMILES string of the molecule is COC(=O)C1O[C@@H](OC(C)(CCC=C(C)C)C2CC[C@]3(C)C2C(=O)CC2[C@@]4(C)CC[C@H](OC(C)=O)C(C)(C)C4CC[C@]23C)C(O)C(O)[C@@H]1O. The van der Waals surface area contributed by atoms with Crippen LogP contribution in [0.3, 0.4) is 0 Å². The molecule has 0 spiro atoms. The molecule has 5 rings (SSSR count). The summed E-state index contributed by atoms with van der Waals surface area (Å²) >= 11 is 0. The van der Waals surface area contributed by atoms with Crippen LogP contribution < -0.4 is 0 Å². The molecule has 14 atom stereocenters. The Labute approximate surface area is 292 Å². The minimum absolute atomic E-state index is 0.0853. The van der Waals surface area contributed by atoms with E-state index in [0.29, 0.717) is 25.2 Å². The molecule has 0 radical (unpaired) electrons. The zero-order valence-electron chi connectivity index (χ0n) is 31.4. The average molecular weight is 691 g/mol. The van der Waals surface area contributed by atoms with E-state index in [2.05, 4.69) is 40.7 Å². The van der Waals surface area contributed by atoms with Crippen LogP contribution in [0.15, 0.2) is 11.6 Å². The molecule has 10 heteroatoms. The molecule has 8 unspecified atom stereocenters. The zero-order chi connectivity index (χ0) is 36.5. The molecule has 0 aromatic carbocycles. The Hall–Kier alpha value is -1.85. The first-order chi connectivity index (χ1) is 22.7. The predicted molar refractivity (Wildman–Crippen MR) is 182 cm³/mol. The molecule has 1 heterocycles. The Morgan fingerprint density at radius 3 is 2.18 bits per heavy atom. The summed E-state index contributed by atoms with van der Waals surface area (Å²) in [6.45, 7) is 19.1. The molecule has 10 nitrogen and oxygen atoms in total. The van der Waals surface area contributed by atoms with Gasteiger partial charge in [-0.2, -0.15) is 0 Å². The van der Waals surface area contributed by atoms with Crippen LogP contribution in [0, 0.1) is 45.3 Å². The van der Waals surface area contributed by atoms with Crippen molar-refractivity contribution in [3.05, 3.63) is 11.6 Å². The second kappa shape index (κ2) is 13.3. The fourth-order valence-electron chi connectivity index (χ4n) is 12.0. The van der Waals surface area contributed by atoms with E-state index in [4.69, 9.17) is 18.9 Å². The number of aliphatic hydroxyl groups is 3. The van der Waals surface area contributed by atoms with E-state index in [9.17, 15) is 29.7 Å². The molecule has 0 aromatic heterocycles. The van der Waals surface area contributed by atoms with Crippen LogP contribution in [0.1, 0.15) is 120 Å². The Morgan fingerprint density at radius 2 is 1.57 bits per heavy atom. The number of fused-ring (bicyclic) bond motifs is 5. The van der Waals surface area contributed by atoms with Gasteiger partial charge in [0.25, 0.3) is 0 Å². The van der Waals surface area contributed by atoms with Crippen molar-refractivity contribution in [2.45, 2.75) is 163 Å². The quantitative estimate of drug-likeness (QED) is 0.227. The Kier molecular flexibility index (Phi) is 10.4. The van der Waals surface area contributed by atoms with E-state index in [1.165, 1.54) is 6.92 Å². The Balaban J connectivity index is 1.48. The molecule has 5 aliphatic rings. The third kappa shape index (κ3) is 6.13. The van der Waals surface area contributed by atoms with E-state index >= 15 is 0 Å². The molecule has 0 bridgehead atoms. The number of carbonyl (C=O) groups excluding carboxylic acids is 3. The highest BCUT2D eigenvalue weighted by atomic mass is 16.7. The van der Waals surface area contributed by atoms with Crippen LogP contribution >= 0.6 is 0 Å². The van der Waals surface area contributed by atoms with Crippen molar-refractivity contribution < 1.29 is 48.7 Å². The maximum atomic E-state index is 14.8. The van der Waals surface area contributed by atoms with Gasteiger partial charge >= 0.3 is 11.9 Å². The number of allylic oxidation sites excluding steroid dienone is 2. The highest BCUT2D eigenvalue weighted by Crippen LogP contribution is 2.75. The Bertz CT molecular complexity index is 1320. The summed E-state index contributed by atoms with van der Waals surface area (Å²) in [6, 6.07) is 0. The molecular formula is C39H62O10. The molecule has 49 heavy (non-hydrogen) atoms. The molecule has 1 aliphatic heterocycles. The van der Waals surface area contributed by atoms with E-state index in [1.54, 1.807) is 0 Å². The van der Waals surface area contributed by atoms with Gasteiger partial charge in [-0.3, -0.25) is 9.59 Å². The molecule has 278 valence electrons. The number of ether oxygens (including phenoxy) is 4. The van der Waals surface area contributed by atoms with Crippen LogP contribution in [-0.4, -0.2) is 82.6 Å². The highest BCUT2D eigenvalue weighted by Gasteiger charge is 2.72. The topological polar surface area (TPSA) is 149 Å². The first-order valence-corrected chi connectivity index (χ1v) is 18.5. The number of ketones is 1. The molecule has 3 N–H and O–H groups in total.